The van der Waals surface area contributed by atoms with Crippen molar-refractivity contribution in [3.63, 3.8) is 0 Å². The average molecular weight is 705 g/mol. The summed E-state index contributed by atoms with van der Waals surface area (Å²) in [5.41, 5.74) is 0.407. The first-order valence-corrected chi connectivity index (χ1v) is 17.9. The first-order valence-electron chi connectivity index (χ1n) is 15.0. The molecule has 0 bridgehead atoms. The monoisotopic (exact) mass is 704 g/mol. The van der Waals surface area contributed by atoms with E-state index in [1.54, 1.807) is 30.3 Å². The molecule has 3 aromatic carbocycles. The van der Waals surface area contributed by atoms with Crippen LogP contribution in [0.3, 0.4) is 0 Å². The normalized spacial score (nSPS) is 20.5. The maximum atomic E-state index is 13.7. The predicted octanol–water partition coefficient (Wildman–Crippen LogP) is 2.67. The van der Waals surface area contributed by atoms with Crippen LogP contribution in [0.1, 0.15) is 12.0 Å². The number of carbonyl (C=O) groups excluding carboxylic acids is 1. The van der Waals surface area contributed by atoms with Crippen molar-refractivity contribution in [2.45, 2.75) is 47.1 Å². The van der Waals surface area contributed by atoms with Crippen molar-refractivity contribution in [1.82, 2.24) is 14.3 Å². The van der Waals surface area contributed by atoms with Crippen LogP contribution in [0, 0.1) is 16.0 Å². The molecule has 2 N–H and O–H groups in total. The number of alkyl carbamates (subject to hydrolysis) is 1. The lowest BCUT2D eigenvalue weighted by Crippen LogP contribution is -2.57. The molecular weight excluding hydrogens is 668 g/mol. The summed E-state index contributed by atoms with van der Waals surface area (Å²) >= 11 is 0. The number of nitro benzene ring substituents is 1. The Balaban J connectivity index is 1.46. The lowest BCUT2D eigenvalue weighted by molar-refractivity contribution is -0.384. The zero-order valence-electron chi connectivity index (χ0n) is 26.1. The number of rotatable bonds is 14. The summed E-state index contributed by atoms with van der Waals surface area (Å²) in [5, 5.41) is 13.9. The maximum Gasteiger partial charge on any atom is 0.407 e. The Morgan fingerprint density at radius 2 is 1.65 bits per heavy atom. The second kappa shape index (κ2) is 15.0. The number of likely N-dealkylation sites (N-methyl/N-ethyl adjacent to an activating group) is 1. The van der Waals surface area contributed by atoms with Crippen LogP contribution in [0.5, 0.6) is 5.75 Å². The number of methoxy groups -OCH3 is 1. The van der Waals surface area contributed by atoms with Gasteiger partial charge in [-0.25, -0.2) is 26.4 Å². The molecule has 2 heterocycles. The number of hydrogen-bond acceptors (Lipinski definition) is 11. The number of nitro groups is 1. The molecule has 3 aromatic rings. The molecule has 0 radical (unpaired) electrons. The van der Waals surface area contributed by atoms with Gasteiger partial charge < -0.3 is 24.3 Å². The zero-order valence-corrected chi connectivity index (χ0v) is 27.8. The van der Waals surface area contributed by atoms with Crippen LogP contribution < -0.4 is 14.8 Å². The molecule has 2 saturated heterocycles. The van der Waals surface area contributed by atoms with Crippen molar-refractivity contribution in [3.05, 3.63) is 94.5 Å². The molecule has 2 aliphatic rings. The van der Waals surface area contributed by atoms with E-state index in [0.717, 1.165) is 34.1 Å². The number of non-ortho nitro benzene ring substituents is 1. The molecule has 258 valence electrons. The Morgan fingerprint density at radius 3 is 2.29 bits per heavy atom. The minimum absolute atomic E-state index is 0.0654. The summed E-state index contributed by atoms with van der Waals surface area (Å²) < 4.78 is 80.2. The maximum absolute atomic E-state index is 13.7. The van der Waals surface area contributed by atoms with Crippen molar-refractivity contribution in [1.29, 1.82) is 0 Å². The zero-order chi connectivity index (χ0) is 34.5. The summed E-state index contributed by atoms with van der Waals surface area (Å²) in [5.74, 6) is 0.291. The highest BCUT2D eigenvalue weighted by Crippen LogP contribution is 2.33. The molecule has 2 fully saturated rings. The molecule has 0 spiro atoms. The van der Waals surface area contributed by atoms with Crippen LogP contribution in [0.25, 0.3) is 0 Å². The van der Waals surface area contributed by atoms with Gasteiger partial charge in [0.25, 0.3) is 5.69 Å². The van der Waals surface area contributed by atoms with Crippen LogP contribution in [-0.2, 0) is 40.7 Å². The SMILES string of the molecule is COc1ccc(S(=O)(=O)N(C)C[C@@H](NS(=O)(=O)c2ccc([N+](=O)[O-])cc2)[C@H](Cc2ccccc2)NC(=O)O[C@H]2CO[C@H]3OCC[C@H]32)cc1. The van der Waals surface area contributed by atoms with Gasteiger partial charge in [0, 0.05) is 25.7 Å². The fraction of sp³-hybridized carbons (Fsp3) is 0.387. The largest absolute Gasteiger partial charge is 0.497 e. The number of carbonyl (C=O) groups is 1. The average Bonchev–Trinajstić information content (AvgIpc) is 3.70. The molecule has 0 unspecified atom stereocenters. The highest BCUT2D eigenvalue weighted by Gasteiger charge is 2.44. The number of nitrogens with zero attached hydrogens (tertiary/aromatic N) is 2. The van der Waals surface area contributed by atoms with E-state index in [4.69, 9.17) is 18.9 Å². The second-order valence-electron chi connectivity index (χ2n) is 11.3. The second-order valence-corrected chi connectivity index (χ2v) is 15.1. The van der Waals surface area contributed by atoms with Crippen molar-refractivity contribution in [3.8, 4) is 5.75 Å². The van der Waals surface area contributed by atoms with Gasteiger partial charge in [0.05, 0.1) is 53.0 Å². The number of nitrogens with one attached hydrogen (secondary N) is 2. The molecular formula is C31H36N4O11S2. The quantitative estimate of drug-likeness (QED) is 0.185. The van der Waals surface area contributed by atoms with Crippen molar-refractivity contribution >= 4 is 31.8 Å². The highest BCUT2D eigenvalue weighted by molar-refractivity contribution is 7.89. The Hall–Kier alpha value is -4.13. The molecule has 0 aliphatic carbocycles. The lowest BCUT2D eigenvalue weighted by atomic mass is 10.00. The number of fused-ring (bicyclic) bond motifs is 1. The first-order chi connectivity index (χ1) is 22.9. The van der Waals surface area contributed by atoms with Gasteiger partial charge in [0.1, 0.15) is 11.9 Å². The molecule has 48 heavy (non-hydrogen) atoms. The third-order valence-corrected chi connectivity index (χ3v) is 11.6. The van der Waals surface area contributed by atoms with Gasteiger partial charge in [0.2, 0.25) is 20.0 Å². The minimum Gasteiger partial charge on any atom is -0.497 e. The standard InChI is InChI=1S/C31H36N4O11S2/c1-34(48(41,42)25-14-10-23(43-2)11-15-25)19-28(33-47(39,40)24-12-8-22(9-13-24)35(37)38)27(18-21-6-4-3-5-7-21)32-31(36)46-29-20-45-30-26(29)16-17-44-30/h3-15,26-30,33H,16-20H2,1-2H3,(H,32,36)/t26-,27-,28+,29-,30+/m0/s1. The fourth-order valence-electron chi connectivity index (χ4n) is 5.60. The highest BCUT2D eigenvalue weighted by atomic mass is 32.2. The number of sulfonamides is 2. The third-order valence-electron chi connectivity index (χ3n) is 8.22. The molecule has 1 amide bonds. The van der Waals surface area contributed by atoms with Gasteiger partial charge in [-0.05, 0) is 54.8 Å². The summed E-state index contributed by atoms with van der Waals surface area (Å²) in [6.07, 6.45) is -1.20. The van der Waals surface area contributed by atoms with Crippen LogP contribution >= 0.6 is 0 Å². The van der Waals surface area contributed by atoms with E-state index < -0.39 is 62.1 Å². The Kier molecular flexibility index (Phi) is 11.0. The van der Waals surface area contributed by atoms with Crippen molar-refractivity contribution in [2.75, 3.05) is 33.9 Å². The smallest absolute Gasteiger partial charge is 0.407 e. The van der Waals surface area contributed by atoms with Crippen molar-refractivity contribution in [2.24, 2.45) is 5.92 Å². The van der Waals surface area contributed by atoms with E-state index in [-0.39, 0.29) is 34.4 Å². The van der Waals surface area contributed by atoms with E-state index in [1.807, 2.05) is 0 Å². The summed E-state index contributed by atoms with van der Waals surface area (Å²) in [7, 11) is -5.84. The van der Waals surface area contributed by atoms with E-state index in [0.29, 0.717) is 18.8 Å². The van der Waals surface area contributed by atoms with Crippen LogP contribution in [0.15, 0.2) is 88.7 Å². The van der Waals surface area contributed by atoms with Crippen LogP contribution in [-0.4, -0.2) is 90.6 Å². The van der Waals surface area contributed by atoms with Gasteiger partial charge >= 0.3 is 6.09 Å². The predicted molar refractivity (Wildman–Crippen MR) is 171 cm³/mol. The van der Waals surface area contributed by atoms with Crippen molar-refractivity contribution < 1.29 is 45.5 Å². The molecule has 5 atom stereocenters. The van der Waals surface area contributed by atoms with Gasteiger partial charge in [-0.15, -0.1) is 0 Å². The summed E-state index contributed by atoms with van der Waals surface area (Å²) in [4.78, 5) is 23.5. The Morgan fingerprint density at radius 1 is 0.979 bits per heavy atom. The van der Waals surface area contributed by atoms with Gasteiger partial charge in [0.15, 0.2) is 6.29 Å². The molecule has 5 rings (SSSR count). The third kappa shape index (κ3) is 8.29. The van der Waals surface area contributed by atoms with Gasteiger partial charge in [-0.1, -0.05) is 30.3 Å². The van der Waals surface area contributed by atoms with Crippen LogP contribution in [0.2, 0.25) is 0 Å². The van der Waals surface area contributed by atoms with Gasteiger partial charge in [-0.3, -0.25) is 10.1 Å². The topological polar surface area (TPSA) is 193 Å². The molecule has 17 heteroatoms. The fourth-order valence-corrected chi connectivity index (χ4v) is 8.06. The molecule has 0 aromatic heterocycles. The summed E-state index contributed by atoms with van der Waals surface area (Å²) in [6, 6.07) is 16.5. The summed E-state index contributed by atoms with van der Waals surface area (Å²) in [6.45, 7) is 0.170. The first kappa shape index (κ1) is 35.2. The van der Waals surface area contributed by atoms with Crippen LogP contribution in [0.4, 0.5) is 10.5 Å². The number of amides is 1. The Bertz CT molecular complexity index is 1790. The number of hydrogen-bond donors (Lipinski definition) is 2. The Labute approximate surface area is 278 Å². The minimum atomic E-state index is -4.41. The van der Waals surface area contributed by atoms with E-state index >= 15 is 0 Å². The van der Waals surface area contributed by atoms with E-state index in [2.05, 4.69) is 10.0 Å². The lowest BCUT2D eigenvalue weighted by Gasteiger charge is -2.32. The number of benzene rings is 3. The molecule has 0 saturated carbocycles. The van der Waals surface area contributed by atoms with E-state index in [9.17, 15) is 31.7 Å². The van der Waals surface area contributed by atoms with E-state index in [1.165, 1.54) is 38.4 Å². The number of ether oxygens (including phenoxy) is 4. The van der Waals surface area contributed by atoms with Gasteiger partial charge in [-0.2, -0.15) is 4.31 Å². The molecule has 15 nitrogen and oxygen atoms in total. The molecule has 2 aliphatic heterocycles.